The first-order chi connectivity index (χ1) is 17.1. The molecule has 1 fully saturated rings. The molecule has 0 radical (unpaired) electrons. The molecule has 1 aromatic heterocycles. The number of nitrogens with one attached hydrogen (secondary N) is 1. The van der Waals surface area contributed by atoms with Crippen LogP contribution in [0.2, 0.25) is 0 Å². The van der Waals surface area contributed by atoms with Crippen LogP contribution in [0.3, 0.4) is 0 Å². The molecule has 0 aliphatic carbocycles. The van der Waals surface area contributed by atoms with Gasteiger partial charge in [-0.1, -0.05) is 0 Å². The van der Waals surface area contributed by atoms with Gasteiger partial charge in [-0.15, -0.1) is 0 Å². The molecule has 0 saturated carbocycles. The predicted molar refractivity (Wildman–Crippen MR) is 128 cm³/mol. The number of benzene rings is 1. The largest absolute Gasteiger partial charge is 0.487 e. The van der Waals surface area contributed by atoms with Gasteiger partial charge in [0.25, 0.3) is 5.91 Å². The number of hydrogen-bond acceptors (Lipinski definition) is 6. The Morgan fingerprint density at radius 3 is 2.53 bits per heavy atom. The lowest BCUT2D eigenvalue weighted by molar-refractivity contribution is -0.138. The molecule has 2 aliphatic heterocycles. The average molecular weight is 510 g/mol. The third-order valence-electron chi connectivity index (χ3n) is 6.54. The van der Waals surface area contributed by atoms with Gasteiger partial charge >= 0.3 is 0 Å². The third kappa shape index (κ3) is 5.65. The van der Waals surface area contributed by atoms with Gasteiger partial charge < -0.3 is 19.9 Å². The summed E-state index contributed by atoms with van der Waals surface area (Å²) >= 11 is 0. The van der Waals surface area contributed by atoms with E-state index in [1.165, 1.54) is 24.8 Å². The molecular weight excluding hydrogens is 478 g/mol. The molecule has 7 nitrogen and oxygen atoms in total. The van der Waals surface area contributed by atoms with Crippen LogP contribution in [0.25, 0.3) is 0 Å². The molecule has 1 aromatic carbocycles. The highest BCUT2D eigenvalue weighted by atomic mass is 19.1. The lowest BCUT2D eigenvalue weighted by Gasteiger charge is -2.37. The molecule has 3 atom stereocenters. The Labute approximate surface area is 207 Å². The van der Waals surface area contributed by atoms with E-state index in [9.17, 15) is 22.4 Å². The van der Waals surface area contributed by atoms with Crippen molar-refractivity contribution in [1.29, 1.82) is 0 Å². The molecule has 11 heteroatoms. The number of ether oxygens (including phenoxy) is 1. The van der Waals surface area contributed by atoms with Crippen molar-refractivity contribution in [1.82, 2.24) is 14.9 Å². The van der Waals surface area contributed by atoms with Gasteiger partial charge in [0.2, 0.25) is 0 Å². The molecule has 2 aromatic rings. The molecule has 2 aliphatic rings. The van der Waals surface area contributed by atoms with Crippen LogP contribution in [0.5, 0.6) is 5.75 Å². The monoisotopic (exact) mass is 509 g/mol. The standard InChI is InChI=1S/C25H31F4N5O2/c1-14(26)13-30-23-24(32-22-16(3)34(25(35)15(2)27)11-8-20(22)31-23)33-9-6-18(7-10-33)36-21-5-4-17(28)12-19(21)29/h4-5,12,14-16,18H,6-11,13H2,1-3H3,(H,30,31). The maximum atomic E-state index is 14.0. The zero-order valence-electron chi connectivity index (χ0n) is 20.6. The average Bonchev–Trinajstić information content (AvgIpc) is 2.84. The molecule has 0 bridgehead atoms. The second-order valence-electron chi connectivity index (χ2n) is 9.34. The lowest BCUT2D eigenvalue weighted by Crippen LogP contribution is -2.44. The highest BCUT2D eigenvalue weighted by Gasteiger charge is 2.34. The lowest BCUT2D eigenvalue weighted by atomic mass is 10.0. The van der Waals surface area contributed by atoms with Gasteiger partial charge in [-0.3, -0.25) is 4.79 Å². The number of piperidine rings is 1. The Hall–Kier alpha value is -3.11. The number of halogens is 4. The summed E-state index contributed by atoms with van der Waals surface area (Å²) in [5, 5.41) is 3.04. The highest BCUT2D eigenvalue weighted by Crippen LogP contribution is 2.34. The molecule has 196 valence electrons. The van der Waals surface area contributed by atoms with Gasteiger partial charge in [-0.2, -0.15) is 0 Å². The minimum atomic E-state index is -1.61. The van der Waals surface area contributed by atoms with Crippen molar-refractivity contribution in [3.8, 4) is 5.75 Å². The maximum absolute atomic E-state index is 14.0. The number of nitrogens with zero attached hydrogens (tertiary/aromatic N) is 4. The number of aromatic nitrogens is 2. The summed E-state index contributed by atoms with van der Waals surface area (Å²) in [7, 11) is 0. The first kappa shape index (κ1) is 26.0. The fourth-order valence-electron chi connectivity index (χ4n) is 4.60. The summed E-state index contributed by atoms with van der Waals surface area (Å²) in [5.41, 5.74) is 1.29. The molecule has 3 unspecified atom stereocenters. The van der Waals surface area contributed by atoms with Crippen LogP contribution in [0.4, 0.5) is 29.2 Å². The van der Waals surface area contributed by atoms with Crippen LogP contribution >= 0.6 is 0 Å². The molecule has 0 spiro atoms. The number of rotatable bonds is 7. The number of carbonyl (C=O) groups is 1. The SMILES string of the molecule is CC(F)CNc1nc2c(nc1N1CCC(Oc3ccc(F)cc3F)CC1)C(C)N(C(=O)C(C)F)CC2. The van der Waals surface area contributed by atoms with E-state index in [0.717, 1.165) is 12.1 Å². The summed E-state index contributed by atoms with van der Waals surface area (Å²) in [6, 6.07) is 2.76. The van der Waals surface area contributed by atoms with E-state index in [1.54, 1.807) is 6.92 Å². The summed E-state index contributed by atoms with van der Waals surface area (Å²) in [6.45, 7) is 5.88. The van der Waals surface area contributed by atoms with E-state index in [2.05, 4.69) is 5.32 Å². The van der Waals surface area contributed by atoms with Gasteiger partial charge in [-0.25, -0.2) is 27.5 Å². The van der Waals surface area contributed by atoms with Crippen LogP contribution in [-0.4, -0.2) is 65.4 Å². The van der Waals surface area contributed by atoms with Crippen molar-refractivity contribution >= 4 is 17.5 Å². The zero-order valence-corrected chi connectivity index (χ0v) is 20.6. The Morgan fingerprint density at radius 2 is 1.89 bits per heavy atom. The smallest absolute Gasteiger partial charge is 0.257 e. The molecular formula is C25H31F4N5O2. The Bertz CT molecular complexity index is 1090. The zero-order chi connectivity index (χ0) is 26.0. The van der Waals surface area contributed by atoms with Crippen molar-refractivity contribution < 1.29 is 27.1 Å². The van der Waals surface area contributed by atoms with E-state index >= 15 is 0 Å². The predicted octanol–water partition coefficient (Wildman–Crippen LogP) is 4.38. The number of amides is 1. The molecule has 4 rings (SSSR count). The van der Waals surface area contributed by atoms with Crippen molar-refractivity contribution in [3.63, 3.8) is 0 Å². The molecule has 3 heterocycles. The van der Waals surface area contributed by atoms with Crippen molar-refractivity contribution in [3.05, 3.63) is 41.2 Å². The van der Waals surface area contributed by atoms with Crippen LogP contribution in [0, 0.1) is 11.6 Å². The Morgan fingerprint density at radius 1 is 1.17 bits per heavy atom. The molecule has 1 N–H and O–H groups in total. The molecule has 1 amide bonds. The first-order valence-electron chi connectivity index (χ1n) is 12.2. The summed E-state index contributed by atoms with van der Waals surface area (Å²) in [5.74, 6) is -1.03. The summed E-state index contributed by atoms with van der Waals surface area (Å²) in [4.78, 5) is 25.4. The second-order valence-corrected chi connectivity index (χ2v) is 9.34. The van der Waals surface area contributed by atoms with E-state index in [0.29, 0.717) is 61.9 Å². The van der Waals surface area contributed by atoms with E-state index < -0.39 is 35.9 Å². The Kier molecular flexibility index (Phi) is 7.85. The minimum Gasteiger partial charge on any atom is -0.487 e. The topological polar surface area (TPSA) is 70.6 Å². The quantitative estimate of drug-likeness (QED) is 0.559. The van der Waals surface area contributed by atoms with Gasteiger partial charge in [0.15, 0.2) is 29.4 Å². The number of carbonyl (C=O) groups excluding carboxylic acids is 1. The second kappa shape index (κ2) is 10.9. The Balaban J connectivity index is 1.54. The number of alkyl halides is 2. The van der Waals surface area contributed by atoms with Crippen LogP contribution in [0.1, 0.15) is 51.0 Å². The third-order valence-corrected chi connectivity index (χ3v) is 6.54. The van der Waals surface area contributed by atoms with Crippen molar-refractivity contribution in [2.45, 2.75) is 64.5 Å². The first-order valence-corrected chi connectivity index (χ1v) is 12.2. The fourth-order valence-corrected chi connectivity index (χ4v) is 4.60. The van der Waals surface area contributed by atoms with Crippen molar-refractivity contribution in [2.75, 3.05) is 36.4 Å². The van der Waals surface area contributed by atoms with Crippen LogP contribution < -0.4 is 15.0 Å². The highest BCUT2D eigenvalue weighted by molar-refractivity contribution is 5.81. The summed E-state index contributed by atoms with van der Waals surface area (Å²) < 4.78 is 60.3. The maximum Gasteiger partial charge on any atom is 0.257 e. The number of anilines is 2. The van der Waals surface area contributed by atoms with Crippen LogP contribution in [-0.2, 0) is 11.2 Å². The van der Waals surface area contributed by atoms with E-state index in [-0.39, 0.29) is 18.4 Å². The van der Waals surface area contributed by atoms with Crippen LogP contribution in [0.15, 0.2) is 18.2 Å². The van der Waals surface area contributed by atoms with E-state index in [4.69, 9.17) is 14.7 Å². The van der Waals surface area contributed by atoms with Gasteiger partial charge in [-0.05, 0) is 32.9 Å². The minimum absolute atomic E-state index is 0.00314. The van der Waals surface area contributed by atoms with Gasteiger partial charge in [0, 0.05) is 51.5 Å². The molecule has 1 saturated heterocycles. The fraction of sp³-hybridized carbons (Fsp3) is 0.560. The van der Waals surface area contributed by atoms with Gasteiger partial charge in [0.05, 0.1) is 17.4 Å². The number of fused-ring (bicyclic) bond motifs is 1. The van der Waals surface area contributed by atoms with E-state index in [1.807, 2.05) is 4.90 Å². The summed E-state index contributed by atoms with van der Waals surface area (Å²) in [6.07, 6.45) is -1.46. The normalized spacial score (nSPS) is 20.0. The number of hydrogen-bond donors (Lipinski definition) is 1. The van der Waals surface area contributed by atoms with Crippen molar-refractivity contribution in [2.24, 2.45) is 0 Å². The van der Waals surface area contributed by atoms with Gasteiger partial charge in [0.1, 0.15) is 18.1 Å². The molecule has 36 heavy (non-hydrogen) atoms.